The van der Waals surface area contributed by atoms with Gasteiger partial charge in [-0.2, -0.15) is 0 Å². The van der Waals surface area contributed by atoms with E-state index in [1.165, 1.54) is 25.3 Å². The molecule has 0 bridgehead atoms. The number of amides is 1. The fourth-order valence-corrected chi connectivity index (χ4v) is 3.55. The van der Waals surface area contributed by atoms with Crippen LogP contribution in [0, 0.1) is 12.7 Å². The number of hydrogen-bond acceptors (Lipinski definition) is 5. The molecule has 0 aliphatic carbocycles. The summed E-state index contributed by atoms with van der Waals surface area (Å²) in [5.74, 6) is -1.13. The third kappa shape index (κ3) is 7.56. The molecule has 182 valence electrons. The van der Waals surface area contributed by atoms with Crippen molar-refractivity contribution in [2.45, 2.75) is 44.8 Å². The maximum Gasteiger partial charge on any atom is 0.307 e. The van der Waals surface area contributed by atoms with Gasteiger partial charge < -0.3 is 19.9 Å². The Bertz CT molecular complexity index is 1020. The molecule has 0 saturated carbocycles. The minimum Gasteiger partial charge on any atom is -0.493 e. The van der Waals surface area contributed by atoms with Crippen molar-refractivity contribution in [2.75, 3.05) is 13.7 Å². The highest BCUT2D eigenvalue weighted by Crippen LogP contribution is 2.36. The molecule has 0 radical (unpaired) electrons. The van der Waals surface area contributed by atoms with Crippen LogP contribution in [0.2, 0.25) is 0 Å². The third-order valence-corrected chi connectivity index (χ3v) is 5.26. The summed E-state index contributed by atoms with van der Waals surface area (Å²) in [5, 5.41) is 12.7. The van der Waals surface area contributed by atoms with E-state index in [-0.39, 0.29) is 12.8 Å². The van der Waals surface area contributed by atoms with Gasteiger partial charge in [-0.1, -0.05) is 30.4 Å². The normalized spacial score (nSPS) is 12.4. The fourth-order valence-electron chi connectivity index (χ4n) is 3.55. The van der Waals surface area contributed by atoms with Gasteiger partial charge in [-0.3, -0.25) is 9.59 Å². The Morgan fingerprint density at radius 3 is 2.65 bits per heavy atom. The minimum absolute atomic E-state index is 0.0815. The first-order valence-electron chi connectivity index (χ1n) is 11.1. The van der Waals surface area contributed by atoms with Crippen molar-refractivity contribution in [1.29, 1.82) is 0 Å². The lowest BCUT2D eigenvalue weighted by atomic mass is 9.94. The Labute approximate surface area is 200 Å². The fraction of sp³-hybridized carbons (Fsp3) is 0.333. The summed E-state index contributed by atoms with van der Waals surface area (Å²) in [7, 11) is 1.27. The molecule has 2 N–H and O–H groups in total. The summed E-state index contributed by atoms with van der Waals surface area (Å²) in [5.41, 5.74) is 2.77. The zero-order chi connectivity index (χ0) is 25.1. The SMILES string of the molecule is C=CCCCOc1cc(F)cc(C)c1-c1cccc([C@H](CC(=O)OC)NC(=O)[C@H](O)CC=C)c1. The molecule has 0 saturated heterocycles. The van der Waals surface area contributed by atoms with Gasteiger partial charge >= 0.3 is 5.97 Å². The number of halogens is 1. The van der Waals surface area contributed by atoms with Crippen LogP contribution in [0.4, 0.5) is 4.39 Å². The van der Waals surface area contributed by atoms with Gasteiger partial charge in [0.15, 0.2) is 0 Å². The molecule has 2 aromatic rings. The van der Waals surface area contributed by atoms with Crippen LogP contribution in [0.5, 0.6) is 5.75 Å². The van der Waals surface area contributed by atoms with Crippen LogP contribution < -0.4 is 10.1 Å². The van der Waals surface area contributed by atoms with Gasteiger partial charge in [-0.05, 0) is 48.6 Å². The Hall–Kier alpha value is -3.45. The molecular formula is C27H32FNO5. The summed E-state index contributed by atoms with van der Waals surface area (Å²) in [6.45, 7) is 9.42. The van der Waals surface area contributed by atoms with Crippen LogP contribution >= 0.6 is 0 Å². The van der Waals surface area contributed by atoms with E-state index in [0.717, 1.165) is 24.0 Å². The van der Waals surface area contributed by atoms with E-state index >= 15 is 0 Å². The number of allylic oxidation sites excluding steroid dienone is 1. The second-order valence-electron chi connectivity index (χ2n) is 7.88. The largest absolute Gasteiger partial charge is 0.493 e. The summed E-state index contributed by atoms with van der Waals surface area (Å²) in [6.07, 6.45) is 3.44. The highest BCUT2D eigenvalue weighted by Gasteiger charge is 2.23. The standard InChI is InChI=1S/C27H32FNO5/c1-5-7-8-13-34-24-16-21(28)14-18(3)26(24)20-12-9-11-19(15-20)22(17-25(31)33-4)29-27(32)23(30)10-6-2/h5-6,9,11-12,14-16,22-23,30H,1-2,7-8,10,13,17H2,3-4H3,(H,29,32)/t22-,23+/m0/s1. The van der Waals surface area contributed by atoms with E-state index in [2.05, 4.69) is 18.5 Å². The van der Waals surface area contributed by atoms with Crippen molar-refractivity contribution in [1.82, 2.24) is 5.32 Å². The number of benzene rings is 2. The van der Waals surface area contributed by atoms with Gasteiger partial charge in [-0.25, -0.2) is 4.39 Å². The van der Waals surface area contributed by atoms with Crippen molar-refractivity contribution >= 4 is 11.9 Å². The van der Waals surface area contributed by atoms with Gasteiger partial charge in [-0.15, -0.1) is 13.2 Å². The van der Waals surface area contributed by atoms with Gasteiger partial charge in [0.05, 0.1) is 26.2 Å². The number of methoxy groups -OCH3 is 1. The van der Waals surface area contributed by atoms with Crippen molar-refractivity contribution in [3.05, 3.63) is 78.7 Å². The second-order valence-corrected chi connectivity index (χ2v) is 7.88. The number of ether oxygens (including phenoxy) is 2. The Morgan fingerprint density at radius 1 is 1.21 bits per heavy atom. The molecule has 2 aromatic carbocycles. The maximum absolute atomic E-state index is 14.1. The van der Waals surface area contributed by atoms with Gasteiger partial charge in [0.25, 0.3) is 0 Å². The minimum atomic E-state index is -1.28. The van der Waals surface area contributed by atoms with Crippen LogP contribution in [0.15, 0.2) is 61.7 Å². The quantitative estimate of drug-likeness (QED) is 0.250. The average molecular weight is 470 g/mol. The molecule has 0 aliphatic heterocycles. The zero-order valence-electron chi connectivity index (χ0n) is 19.7. The van der Waals surface area contributed by atoms with Crippen LogP contribution in [0.1, 0.15) is 42.9 Å². The number of carbonyl (C=O) groups excluding carboxylic acids is 2. The molecule has 1 amide bonds. The number of rotatable bonds is 13. The first kappa shape index (κ1) is 26.8. The molecule has 34 heavy (non-hydrogen) atoms. The topological polar surface area (TPSA) is 84.9 Å². The summed E-state index contributed by atoms with van der Waals surface area (Å²) >= 11 is 0. The van der Waals surface area contributed by atoms with Gasteiger partial charge in [0.2, 0.25) is 5.91 Å². The molecule has 0 spiro atoms. The maximum atomic E-state index is 14.1. The molecule has 0 aromatic heterocycles. The second kappa shape index (κ2) is 13.3. The molecular weight excluding hydrogens is 437 g/mol. The van der Waals surface area contributed by atoms with Crippen LogP contribution in [-0.2, 0) is 14.3 Å². The summed E-state index contributed by atoms with van der Waals surface area (Å²) < 4.78 is 24.8. The third-order valence-electron chi connectivity index (χ3n) is 5.26. The monoisotopic (exact) mass is 469 g/mol. The molecule has 2 rings (SSSR count). The summed E-state index contributed by atoms with van der Waals surface area (Å²) in [6, 6.07) is 9.25. The zero-order valence-corrected chi connectivity index (χ0v) is 19.7. The Morgan fingerprint density at radius 2 is 1.97 bits per heavy atom. The lowest BCUT2D eigenvalue weighted by Gasteiger charge is -2.21. The number of unbranched alkanes of at least 4 members (excludes halogenated alkanes) is 1. The first-order valence-corrected chi connectivity index (χ1v) is 11.1. The number of carbonyl (C=O) groups is 2. The predicted octanol–water partition coefficient (Wildman–Crippen LogP) is 4.80. The molecule has 0 aliphatic rings. The summed E-state index contributed by atoms with van der Waals surface area (Å²) in [4.78, 5) is 24.5. The first-order chi connectivity index (χ1) is 16.3. The van der Waals surface area contributed by atoms with Crippen molar-refractivity contribution in [2.24, 2.45) is 0 Å². The van der Waals surface area contributed by atoms with E-state index in [4.69, 9.17) is 9.47 Å². The number of hydrogen-bond donors (Lipinski definition) is 2. The molecule has 0 unspecified atom stereocenters. The number of esters is 1. The number of aliphatic hydroxyl groups excluding tert-OH is 1. The Kier molecular flexibility index (Phi) is 10.5. The molecule has 2 atom stereocenters. The Balaban J connectivity index is 2.43. The molecule has 0 heterocycles. The highest BCUT2D eigenvalue weighted by atomic mass is 19.1. The lowest BCUT2D eigenvalue weighted by molar-refractivity contribution is -0.141. The van der Waals surface area contributed by atoms with E-state index in [1.807, 2.05) is 12.1 Å². The molecule has 6 nitrogen and oxygen atoms in total. The van der Waals surface area contributed by atoms with E-state index < -0.39 is 29.8 Å². The van der Waals surface area contributed by atoms with E-state index in [1.54, 1.807) is 25.1 Å². The lowest BCUT2D eigenvalue weighted by Crippen LogP contribution is -2.37. The highest BCUT2D eigenvalue weighted by molar-refractivity contribution is 5.82. The van der Waals surface area contributed by atoms with Gasteiger partial charge in [0.1, 0.15) is 17.7 Å². The molecule has 0 fully saturated rings. The number of aryl methyl sites for hydroxylation is 1. The van der Waals surface area contributed by atoms with Crippen LogP contribution in [-0.4, -0.2) is 36.8 Å². The van der Waals surface area contributed by atoms with Crippen molar-refractivity contribution < 1.29 is 28.6 Å². The smallest absolute Gasteiger partial charge is 0.307 e. The van der Waals surface area contributed by atoms with E-state index in [0.29, 0.717) is 23.5 Å². The number of aliphatic hydroxyl groups is 1. The predicted molar refractivity (Wildman–Crippen MR) is 130 cm³/mol. The van der Waals surface area contributed by atoms with Crippen molar-refractivity contribution in [3.63, 3.8) is 0 Å². The molecule has 7 heteroatoms. The number of nitrogens with one attached hydrogen (secondary N) is 1. The van der Waals surface area contributed by atoms with Gasteiger partial charge in [0, 0.05) is 18.1 Å². The van der Waals surface area contributed by atoms with Crippen molar-refractivity contribution in [3.8, 4) is 16.9 Å². The average Bonchev–Trinajstić information content (AvgIpc) is 2.81. The van der Waals surface area contributed by atoms with Crippen LogP contribution in [0.3, 0.4) is 0 Å². The van der Waals surface area contributed by atoms with E-state index in [9.17, 15) is 19.1 Å². The van der Waals surface area contributed by atoms with Crippen LogP contribution in [0.25, 0.3) is 11.1 Å².